The molecule has 0 spiro atoms. The Morgan fingerprint density at radius 3 is 2.85 bits per heavy atom. The summed E-state index contributed by atoms with van der Waals surface area (Å²) in [7, 11) is 1.88. The van der Waals surface area contributed by atoms with Gasteiger partial charge in [0.2, 0.25) is 11.8 Å². The van der Waals surface area contributed by atoms with Crippen LogP contribution in [0.15, 0.2) is 40.2 Å². The van der Waals surface area contributed by atoms with Crippen molar-refractivity contribution in [3.63, 3.8) is 0 Å². The molecule has 0 fully saturated rings. The number of hydrogen-bond donors (Lipinski definition) is 0. The molecule has 6 nitrogen and oxygen atoms in total. The highest BCUT2D eigenvalue weighted by molar-refractivity contribution is 7.98. The van der Waals surface area contributed by atoms with Gasteiger partial charge in [0.05, 0.1) is 16.3 Å². The Hall–Kier alpha value is -1.86. The second kappa shape index (κ2) is 5.64. The molecule has 0 amide bonds. The molecule has 1 aromatic carbocycles. The van der Waals surface area contributed by atoms with Crippen LogP contribution in [0.25, 0.3) is 11.5 Å². The number of nitrogens with zero attached hydrogens (tertiary/aromatic N) is 5. The molecule has 0 bridgehead atoms. The summed E-state index contributed by atoms with van der Waals surface area (Å²) in [6.07, 6.45) is 1.64. The predicted molar refractivity (Wildman–Crippen MR) is 75.3 cm³/mol. The van der Waals surface area contributed by atoms with E-state index in [1.807, 2.05) is 29.8 Å². The molecule has 0 saturated carbocycles. The Bertz CT molecular complexity index is 726. The monoisotopic (exact) mass is 307 g/mol. The average molecular weight is 308 g/mol. The Morgan fingerprint density at radius 2 is 2.10 bits per heavy atom. The van der Waals surface area contributed by atoms with Crippen molar-refractivity contribution in [1.29, 1.82) is 0 Å². The van der Waals surface area contributed by atoms with Crippen molar-refractivity contribution in [2.45, 2.75) is 10.9 Å². The van der Waals surface area contributed by atoms with Crippen LogP contribution < -0.4 is 0 Å². The van der Waals surface area contributed by atoms with Crippen molar-refractivity contribution in [1.82, 2.24) is 25.0 Å². The molecular weight excluding hydrogens is 298 g/mol. The van der Waals surface area contributed by atoms with Crippen LogP contribution in [0.1, 0.15) is 5.89 Å². The quantitative estimate of drug-likeness (QED) is 0.690. The summed E-state index contributed by atoms with van der Waals surface area (Å²) in [5.74, 6) is 1.47. The van der Waals surface area contributed by atoms with Crippen LogP contribution in [0.3, 0.4) is 0 Å². The molecule has 8 heteroatoms. The van der Waals surface area contributed by atoms with Gasteiger partial charge < -0.3 is 8.98 Å². The largest absolute Gasteiger partial charge is 0.420 e. The van der Waals surface area contributed by atoms with E-state index in [9.17, 15) is 0 Å². The van der Waals surface area contributed by atoms with Crippen molar-refractivity contribution < 1.29 is 4.42 Å². The molecule has 0 N–H and O–H groups in total. The summed E-state index contributed by atoms with van der Waals surface area (Å²) in [6, 6.07) is 7.36. The first-order chi connectivity index (χ1) is 9.74. The Kier molecular flexibility index (Phi) is 3.70. The lowest BCUT2D eigenvalue weighted by Gasteiger charge is -1.97. The van der Waals surface area contributed by atoms with Crippen molar-refractivity contribution in [3.05, 3.63) is 41.5 Å². The summed E-state index contributed by atoms with van der Waals surface area (Å²) < 4.78 is 7.43. The smallest absolute Gasteiger partial charge is 0.249 e. The van der Waals surface area contributed by atoms with E-state index in [0.717, 1.165) is 10.7 Å². The lowest BCUT2D eigenvalue weighted by Crippen LogP contribution is -1.89. The normalized spacial score (nSPS) is 10.9. The van der Waals surface area contributed by atoms with Gasteiger partial charge in [-0.2, -0.15) is 0 Å². The standard InChI is InChI=1S/C12H10ClN5OS/c1-18-7-14-17-12(18)20-6-10-15-16-11(19-10)8-4-2-3-5-9(8)13/h2-5,7H,6H2,1H3. The Labute approximate surface area is 124 Å². The van der Waals surface area contributed by atoms with Crippen molar-refractivity contribution >= 4 is 23.4 Å². The molecule has 2 heterocycles. The van der Waals surface area contributed by atoms with E-state index in [4.69, 9.17) is 16.0 Å². The third kappa shape index (κ3) is 2.68. The number of hydrogen-bond acceptors (Lipinski definition) is 6. The number of benzene rings is 1. The number of aromatic nitrogens is 5. The Balaban J connectivity index is 1.74. The number of rotatable bonds is 4. The van der Waals surface area contributed by atoms with Crippen molar-refractivity contribution in [3.8, 4) is 11.5 Å². The highest BCUT2D eigenvalue weighted by Crippen LogP contribution is 2.27. The van der Waals surface area contributed by atoms with E-state index in [2.05, 4.69) is 20.4 Å². The molecule has 0 aliphatic heterocycles. The fourth-order valence-electron chi connectivity index (χ4n) is 1.58. The first-order valence-electron chi connectivity index (χ1n) is 5.78. The molecule has 0 aliphatic carbocycles. The number of aryl methyl sites for hydroxylation is 1. The third-order valence-corrected chi connectivity index (χ3v) is 3.91. The van der Waals surface area contributed by atoms with Gasteiger partial charge in [-0.3, -0.25) is 0 Å². The van der Waals surface area contributed by atoms with Gasteiger partial charge in [0.15, 0.2) is 5.16 Å². The maximum Gasteiger partial charge on any atom is 0.249 e. The lowest BCUT2D eigenvalue weighted by atomic mass is 10.2. The lowest BCUT2D eigenvalue weighted by molar-refractivity contribution is 0.528. The average Bonchev–Trinajstić information content (AvgIpc) is 3.06. The van der Waals surface area contributed by atoms with Gasteiger partial charge in [-0.05, 0) is 12.1 Å². The molecule has 3 aromatic rings. The van der Waals surface area contributed by atoms with Crippen LogP contribution in [0.4, 0.5) is 0 Å². The third-order valence-electron chi connectivity index (χ3n) is 2.57. The first kappa shape index (κ1) is 13.1. The highest BCUT2D eigenvalue weighted by atomic mass is 35.5. The molecule has 3 rings (SSSR count). The van der Waals surface area contributed by atoms with Crippen molar-refractivity contribution in [2.24, 2.45) is 7.05 Å². The van der Waals surface area contributed by atoms with E-state index in [1.54, 1.807) is 12.4 Å². The molecule has 0 aliphatic rings. The number of thioether (sulfide) groups is 1. The fourth-order valence-corrected chi connectivity index (χ4v) is 2.53. The predicted octanol–water partition coefficient (Wildman–Crippen LogP) is 2.81. The minimum absolute atomic E-state index is 0.421. The van der Waals surface area contributed by atoms with Gasteiger partial charge in [0, 0.05) is 7.05 Å². The molecule has 0 saturated heterocycles. The summed E-state index contributed by atoms with van der Waals surface area (Å²) >= 11 is 7.57. The minimum Gasteiger partial charge on any atom is -0.420 e. The van der Waals surface area contributed by atoms with E-state index >= 15 is 0 Å². The molecular formula is C12H10ClN5OS. The van der Waals surface area contributed by atoms with Crippen molar-refractivity contribution in [2.75, 3.05) is 0 Å². The summed E-state index contributed by atoms with van der Waals surface area (Å²) in [5.41, 5.74) is 0.733. The van der Waals surface area contributed by atoms with Crippen LogP contribution in [-0.4, -0.2) is 25.0 Å². The van der Waals surface area contributed by atoms with Crippen LogP contribution >= 0.6 is 23.4 Å². The molecule has 20 heavy (non-hydrogen) atoms. The second-order valence-electron chi connectivity index (χ2n) is 3.99. The second-order valence-corrected chi connectivity index (χ2v) is 5.34. The minimum atomic E-state index is 0.421. The SMILES string of the molecule is Cn1cnnc1SCc1nnc(-c2ccccc2Cl)o1. The van der Waals surface area contributed by atoms with Crippen LogP contribution in [-0.2, 0) is 12.8 Å². The van der Waals surface area contributed by atoms with Gasteiger partial charge >= 0.3 is 0 Å². The van der Waals surface area contributed by atoms with Gasteiger partial charge in [-0.1, -0.05) is 35.5 Å². The maximum atomic E-state index is 6.09. The van der Waals surface area contributed by atoms with Crippen LogP contribution in [0.5, 0.6) is 0 Å². The zero-order chi connectivity index (χ0) is 13.9. The van der Waals surface area contributed by atoms with Gasteiger partial charge in [0.25, 0.3) is 0 Å². The zero-order valence-electron chi connectivity index (χ0n) is 10.5. The molecule has 0 atom stereocenters. The van der Waals surface area contributed by atoms with Gasteiger partial charge in [-0.25, -0.2) is 0 Å². The molecule has 2 aromatic heterocycles. The van der Waals surface area contributed by atoms with Gasteiger partial charge in [0.1, 0.15) is 6.33 Å². The van der Waals surface area contributed by atoms with E-state index < -0.39 is 0 Å². The summed E-state index contributed by atoms with van der Waals surface area (Å²) in [6.45, 7) is 0. The van der Waals surface area contributed by atoms with E-state index in [-0.39, 0.29) is 0 Å². The first-order valence-corrected chi connectivity index (χ1v) is 7.14. The van der Waals surface area contributed by atoms with Crippen LogP contribution in [0.2, 0.25) is 5.02 Å². The zero-order valence-corrected chi connectivity index (χ0v) is 12.1. The summed E-state index contributed by atoms with van der Waals surface area (Å²) in [4.78, 5) is 0. The van der Waals surface area contributed by atoms with E-state index in [0.29, 0.717) is 22.6 Å². The highest BCUT2D eigenvalue weighted by Gasteiger charge is 2.12. The Morgan fingerprint density at radius 1 is 1.25 bits per heavy atom. The topological polar surface area (TPSA) is 69.6 Å². The molecule has 0 radical (unpaired) electrons. The molecule has 0 unspecified atom stereocenters. The molecule has 102 valence electrons. The van der Waals surface area contributed by atoms with Gasteiger partial charge in [-0.15, -0.1) is 20.4 Å². The van der Waals surface area contributed by atoms with Crippen LogP contribution in [0, 0.1) is 0 Å². The number of halogens is 1. The summed E-state index contributed by atoms with van der Waals surface area (Å²) in [5, 5.41) is 17.2. The fraction of sp³-hybridized carbons (Fsp3) is 0.167. The van der Waals surface area contributed by atoms with E-state index in [1.165, 1.54) is 11.8 Å². The maximum absolute atomic E-state index is 6.09.